The summed E-state index contributed by atoms with van der Waals surface area (Å²) in [5.74, 6) is -2.26. The maximum Gasteiger partial charge on any atom is 0.184 e. The number of ketones is 1. The van der Waals surface area contributed by atoms with Crippen LogP contribution in [0.5, 0.6) is 0 Å². The molecule has 0 aliphatic heterocycles. The van der Waals surface area contributed by atoms with Crippen molar-refractivity contribution in [2.45, 2.75) is 5.92 Å². The fraction of sp³-hybridized carbons (Fsp3) is 0.0667. The fourth-order valence-corrected chi connectivity index (χ4v) is 2.52. The molecule has 21 heavy (non-hydrogen) atoms. The molecule has 0 aromatic heterocycles. The molecule has 0 radical (unpaired) electrons. The van der Waals surface area contributed by atoms with Crippen molar-refractivity contribution in [1.29, 1.82) is 5.26 Å². The summed E-state index contributed by atoms with van der Waals surface area (Å²) in [7, 11) is 0. The number of carbonyl (C=O) groups excluding carboxylic acids is 1. The van der Waals surface area contributed by atoms with Gasteiger partial charge in [-0.15, -0.1) is 0 Å². The number of nitrogens with zero attached hydrogens (tertiary/aromatic N) is 1. The Kier molecular flexibility index (Phi) is 4.84. The van der Waals surface area contributed by atoms with Gasteiger partial charge in [0.25, 0.3) is 0 Å². The van der Waals surface area contributed by atoms with Gasteiger partial charge in [0.15, 0.2) is 5.78 Å². The van der Waals surface area contributed by atoms with E-state index in [9.17, 15) is 14.4 Å². The highest BCUT2D eigenvalue weighted by atomic mass is 35.5. The molecule has 2 nitrogen and oxygen atoms in total. The highest BCUT2D eigenvalue weighted by Gasteiger charge is 2.24. The van der Waals surface area contributed by atoms with Gasteiger partial charge in [0.2, 0.25) is 0 Å². The second-order valence-electron chi connectivity index (χ2n) is 4.22. The lowest BCUT2D eigenvalue weighted by molar-refractivity contribution is 0.0979. The Morgan fingerprint density at radius 1 is 1.10 bits per heavy atom. The molecule has 106 valence electrons. The van der Waals surface area contributed by atoms with E-state index >= 15 is 0 Å². The first-order chi connectivity index (χ1) is 9.93. The van der Waals surface area contributed by atoms with E-state index in [-0.39, 0.29) is 15.6 Å². The first kappa shape index (κ1) is 15.8. The Labute approximate surface area is 135 Å². The van der Waals surface area contributed by atoms with Crippen LogP contribution in [0.4, 0.5) is 4.39 Å². The third-order valence-corrected chi connectivity index (χ3v) is 3.72. The average molecular weight is 343 g/mol. The standard InChI is InChI=1S/C15H7Cl3FNO/c16-9-2-3-10(12(17)6-9)11(7-20)15(21)8-1-4-14(19)13(18)5-8/h1-6,11H. The quantitative estimate of drug-likeness (QED) is 0.712. The first-order valence-electron chi connectivity index (χ1n) is 5.78. The average Bonchev–Trinajstić information content (AvgIpc) is 2.44. The van der Waals surface area contributed by atoms with Crippen molar-refractivity contribution in [3.63, 3.8) is 0 Å². The molecule has 0 heterocycles. The van der Waals surface area contributed by atoms with Gasteiger partial charge in [0.05, 0.1) is 11.1 Å². The molecule has 0 saturated heterocycles. The summed E-state index contributed by atoms with van der Waals surface area (Å²) < 4.78 is 13.1. The molecule has 1 atom stereocenters. The molecular formula is C15H7Cl3FNO. The third-order valence-electron chi connectivity index (χ3n) is 2.87. The van der Waals surface area contributed by atoms with E-state index in [1.165, 1.54) is 30.3 Å². The maximum absolute atomic E-state index is 13.1. The van der Waals surface area contributed by atoms with E-state index in [1.807, 2.05) is 6.07 Å². The van der Waals surface area contributed by atoms with E-state index < -0.39 is 17.5 Å². The Hall–Kier alpha value is -1.60. The van der Waals surface area contributed by atoms with Crippen molar-refractivity contribution in [1.82, 2.24) is 0 Å². The summed E-state index contributed by atoms with van der Waals surface area (Å²) in [6.45, 7) is 0. The molecule has 0 saturated carbocycles. The number of Topliss-reactive ketones (excluding diaryl/α,β-unsaturated/α-hetero) is 1. The van der Waals surface area contributed by atoms with Gasteiger partial charge in [-0.1, -0.05) is 40.9 Å². The Balaban J connectivity index is 2.43. The van der Waals surface area contributed by atoms with Crippen LogP contribution in [0.25, 0.3) is 0 Å². The number of rotatable bonds is 3. The molecule has 2 rings (SSSR count). The Morgan fingerprint density at radius 3 is 2.38 bits per heavy atom. The van der Waals surface area contributed by atoms with E-state index in [0.717, 1.165) is 6.07 Å². The van der Waals surface area contributed by atoms with Gasteiger partial charge in [0, 0.05) is 15.6 Å². The van der Waals surface area contributed by atoms with Crippen molar-refractivity contribution in [2.75, 3.05) is 0 Å². The number of hydrogen-bond acceptors (Lipinski definition) is 2. The van der Waals surface area contributed by atoms with Crippen molar-refractivity contribution < 1.29 is 9.18 Å². The van der Waals surface area contributed by atoms with Crippen LogP contribution in [0.3, 0.4) is 0 Å². The van der Waals surface area contributed by atoms with Gasteiger partial charge in [0.1, 0.15) is 11.7 Å². The number of carbonyl (C=O) groups is 1. The molecule has 0 amide bonds. The zero-order valence-electron chi connectivity index (χ0n) is 10.4. The minimum atomic E-state index is -1.11. The van der Waals surface area contributed by atoms with Gasteiger partial charge in [-0.05, 0) is 35.9 Å². The van der Waals surface area contributed by atoms with Gasteiger partial charge in [-0.25, -0.2) is 4.39 Å². The highest BCUT2D eigenvalue weighted by Crippen LogP contribution is 2.30. The predicted octanol–water partition coefficient (Wildman–Crippen LogP) is 5.28. The molecule has 2 aromatic carbocycles. The van der Waals surface area contributed by atoms with Gasteiger partial charge >= 0.3 is 0 Å². The van der Waals surface area contributed by atoms with Crippen molar-refractivity contribution >= 4 is 40.6 Å². The summed E-state index contributed by atoms with van der Waals surface area (Å²) in [6, 6.07) is 9.94. The number of benzene rings is 2. The van der Waals surface area contributed by atoms with E-state index in [0.29, 0.717) is 10.6 Å². The van der Waals surface area contributed by atoms with Crippen LogP contribution in [0.15, 0.2) is 36.4 Å². The lowest BCUT2D eigenvalue weighted by atomic mass is 9.92. The Bertz CT molecular complexity index is 755. The third kappa shape index (κ3) is 3.36. The fourth-order valence-electron chi connectivity index (χ4n) is 1.82. The zero-order valence-corrected chi connectivity index (χ0v) is 12.7. The molecule has 0 fully saturated rings. The summed E-state index contributed by atoms with van der Waals surface area (Å²) in [5.41, 5.74) is 0.480. The van der Waals surface area contributed by atoms with Crippen LogP contribution in [-0.4, -0.2) is 5.78 Å². The molecule has 0 aliphatic carbocycles. The smallest absolute Gasteiger partial charge is 0.184 e. The molecule has 0 aliphatic rings. The topological polar surface area (TPSA) is 40.9 Å². The van der Waals surface area contributed by atoms with Crippen LogP contribution in [0.2, 0.25) is 15.1 Å². The van der Waals surface area contributed by atoms with Crippen LogP contribution < -0.4 is 0 Å². The number of halogens is 4. The van der Waals surface area contributed by atoms with Crippen LogP contribution in [0, 0.1) is 17.1 Å². The second-order valence-corrected chi connectivity index (χ2v) is 5.47. The zero-order chi connectivity index (χ0) is 15.6. The molecule has 0 N–H and O–H groups in total. The maximum atomic E-state index is 13.1. The van der Waals surface area contributed by atoms with Gasteiger partial charge < -0.3 is 0 Å². The lowest BCUT2D eigenvalue weighted by Gasteiger charge is -2.11. The summed E-state index contributed by atoms with van der Waals surface area (Å²) in [6.07, 6.45) is 0. The summed E-state index contributed by atoms with van der Waals surface area (Å²) >= 11 is 17.5. The van der Waals surface area contributed by atoms with Crippen LogP contribution >= 0.6 is 34.8 Å². The normalized spacial score (nSPS) is 11.8. The second kappa shape index (κ2) is 6.44. The molecule has 6 heteroatoms. The van der Waals surface area contributed by atoms with E-state index in [1.54, 1.807) is 0 Å². The van der Waals surface area contributed by atoms with Crippen LogP contribution in [0.1, 0.15) is 21.8 Å². The van der Waals surface area contributed by atoms with Crippen molar-refractivity contribution in [3.8, 4) is 6.07 Å². The molecule has 1 unspecified atom stereocenters. The van der Waals surface area contributed by atoms with Gasteiger partial charge in [-0.3, -0.25) is 4.79 Å². The van der Waals surface area contributed by atoms with Crippen molar-refractivity contribution in [3.05, 3.63) is 68.4 Å². The van der Waals surface area contributed by atoms with E-state index in [2.05, 4.69) is 0 Å². The monoisotopic (exact) mass is 341 g/mol. The molecule has 0 bridgehead atoms. The lowest BCUT2D eigenvalue weighted by Crippen LogP contribution is -2.12. The summed E-state index contributed by atoms with van der Waals surface area (Å²) in [4.78, 5) is 12.4. The predicted molar refractivity (Wildman–Crippen MR) is 80.6 cm³/mol. The Morgan fingerprint density at radius 2 is 1.81 bits per heavy atom. The molecule has 0 spiro atoms. The first-order valence-corrected chi connectivity index (χ1v) is 6.91. The van der Waals surface area contributed by atoms with Crippen molar-refractivity contribution in [2.24, 2.45) is 0 Å². The number of hydrogen-bond donors (Lipinski definition) is 0. The van der Waals surface area contributed by atoms with Crippen LogP contribution in [-0.2, 0) is 0 Å². The minimum Gasteiger partial charge on any atom is -0.292 e. The SMILES string of the molecule is N#CC(C(=O)c1ccc(F)c(Cl)c1)c1ccc(Cl)cc1Cl. The highest BCUT2D eigenvalue weighted by molar-refractivity contribution is 6.35. The minimum absolute atomic E-state index is 0.138. The summed E-state index contributed by atoms with van der Waals surface area (Å²) in [5, 5.41) is 9.70. The molecular weight excluding hydrogens is 336 g/mol. The van der Waals surface area contributed by atoms with Gasteiger partial charge in [-0.2, -0.15) is 5.26 Å². The number of nitriles is 1. The molecule has 2 aromatic rings. The van der Waals surface area contributed by atoms with E-state index in [4.69, 9.17) is 34.8 Å². The largest absolute Gasteiger partial charge is 0.292 e.